The zero-order valence-corrected chi connectivity index (χ0v) is 16.8. The third-order valence-electron chi connectivity index (χ3n) is 3.56. The average molecular weight is 438 g/mol. The SMILES string of the molecule is N#CC(=Cc1ccc(O)c(O)c1)C(=N)SSC(=N)C(C#N)=Cc1ccc(O)c(O)c1. The molecule has 0 amide bonds. The van der Waals surface area contributed by atoms with Crippen LogP contribution in [0, 0.1) is 33.5 Å². The molecule has 0 spiro atoms. The van der Waals surface area contributed by atoms with E-state index in [1.807, 2.05) is 12.1 Å². The van der Waals surface area contributed by atoms with E-state index in [0.29, 0.717) is 11.1 Å². The number of nitriles is 2. The number of phenols is 4. The monoisotopic (exact) mass is 438 g/mol. The maximum Gasteiger partial charge on any atom is 0.157 e. The quantitative estimate of drug-likeness (QED) is 0.134. The molecule has 0 aliphatic carbocycles. The van der Waals surface area contributed by atoms with Gasteiger partial charge in [-0.2, -0.15) is 10.5 Å². The van der Waals surface area contributed by atoms with Gasteiger partial charge >= 0.3 is 0 Å². The fourth-order valence-electron chi connectivity index (χ4n) is 2.06. The van der Waals surface area contributed by atoms with E-state index in [4.69, 9.17) is 10.8 Å². The van der Waals surface area contributed by atoms with Crippen LogP contribution in [0.5, 0.6) is 23.0 Å². The molecular weight excluding hydrogens is 424 g/mol. The fourth-order valence-corrected chi connectivity index (χ4v) is 3.66. The van der Waals surface area contributed by atoms with Gasteiger partial charge < -0.3 is 20.4 Å². The van der Waals surface area contributed by atoms with E-state index in [1.54, 1.807) is 0 Å². The Morgan fingerprint density at radius 2 is 1.07 bits per heavy atom. The Balaban J connectivity index is 2.11. The van der Waals surface area contributed by atoms with E-state index >= 15 is 0 Å². The van der Waals surface area contributed by atoms with Crippen LogP contribution in [0.15, 0.2) is 47.5 Å². The van der Waals surface area contributed by atoms with Crippen molar-refractivity contribution in [2.24, 2.45) is 0 Å². The second kappa shape index (κ2) is 10.1. The van der Waals surface area contributed by atoms with Crippen molar-refractivity contribution in [1.82, 2.24) is 0 Å². The standard InChI is InChI=1S/C20H14N4O4S2/c21-9-13(5-11-1-3-15(25)17(27)7-11)19(23)29-30-20(24)14(10-22)6-12-2-4-16(26)18(28)8-12/h1-8,23-28H. The van der Waals surface area contributed by atoms with Crippen molar-refractivity contribution in [1.29, 1.82) is 21.3 Å². The molecule has 30 heavy (non-hydrogen) atoms. The van der Waals surface area contributed by atoms with Gasteiger partial charge in [0.2, 0.25) is 0 Å². The number of phenolic OH excluding ortho intramolecular Hbond substituents is 4. The van der Waals surface area contributed by atoms with Crippen molar-refractivity contribution in [3.05, 3.63) is 58.7 Å². The number of rotatable bonds is 4. The van der Waals surface area contributed by atoms with Crippen molar-refractivity contribution in [2.45, 2.75) is 0 Å². The lowest BCUT2D eigenvalue weighted by molar-refractivity contribution is 0.403. The highest BCUT2D eigenvalue weighted by atomic mass is 33.1. The lowest BCUT2D eigenvalue weighted by Crippen LogP contribution is -1.96. The van der Waals surface area contributed by atoms with Gasteiger partial charge in [0.15, 0.2) is 23.0 Å². The first kappa shape index (κ1) is 22.4. The number of hydrogen-bond donors (Lipinski definition) is 6. The third-order valence-corrected chi connectivity index (χ3v) is 5.67. The van der Waals surface area contributed by atoms with Crippen LogP contribution in [0.1, 0.15) is 11.1 Å². The molecule has 0 aromatic heterocycles. The molecule has 2 aromatic carbocycles. The second-order valence-electron chi connectivity index (χ2n) is 5.66. The predicted octanol–water partition coefficient (Wildman–Crippen LogP) is 4.36. The molecule has 10 heteroatoms. The van der Waals surface area contributed by atoms with Crippen LogP contribution in [-0.2, 0) is 0 Å². The van der Waals surface area contributed by atoms with Crippen LogP contribution in [0.3, 0.4) is 0 Å². The largest absolute Gasteiger partial charge is 0.504 e. The van der Waals surface area contributed by atoms with Crippen LogP contribution < -0.4 is 0 Å². The molecule has 150 valence electrons. The van der Waals surface area contributed by atoms with Gasteiger partial charge in [0, 0.05) is 0 Å². The minimum atomic E-state index is -0.361. The molecule has 2 aromatic rings. The molecule has 0 aliphatic rings. The van der Waals surface area contributed by atoms with E-state index in [2.05, 4.69) is 0 Å². The minimum Gasteiger partial charge on any atom is -0.504 e. The smallest absolute Gasteiger partial charge is 0.157 e. The van der Waals surface area contributed by atoms with Gasteiger partial charge in [0.25, 0.3) is 0 Å². The van der Waals surface area contributed by atoms with Crippen molar-refractivity contribution >= 4 is 43.8 Å². The maximum absolute atomic E-state index is 9.52. The van der Waals surface area contributed by atoms with E-state index in [-0.39, 0.29) is 44.2 Å². The van der Waals surface area contributed by atoms with Gasteiger partial charge in [0.05, 0.1) is 11.1 Å². The van der Waals surface area contributed by atoms with Gasteiger partial charge in [0.1, 0.15) is 22.2 Å². The lowest BCUT2D eigenvalue weighted by Gasteiger charge is -2.05. The normalized spacial score (nSPS) is 11.4. The van der Waals surface area contributed by atoms with Gasteiger partial charge in [-0.3, -0.25) is 10.8 Å². The summed E-state index contributed by atoms with van der Waals surface area (Å²) in [6, 6.07) is 11.6. The number of nitrogens with one attached hydrogen (secondary N) is 2. The molecule has 0 saturated heterocycles. The average Bonchev–Trinajstić information content (AvgIpc) is 2.73. The van der Waals surface area contributed by atoms with E-state index in [9.17, 15) is 30.9 Å². The molecule has 0 bridgehead atoms. The maximum atomic E-state index is 9.52. The fraction of sp³-hybridized carbons (Fsp3) is 0. The summed E-state index contributed by atoms with van der Waals surface area (Å²) in [5.41, 5.74) is 0.738. The third kappa shape index (κ3) is 5.82. The molecule has 0 saturated carbocycles. The Hall–Kier alpha value is -3.86. The molecule has 0 heterocycles. The molecule has 0 fully saturated rings. The second-order valence-corrected chi connectivity index (χ2v) is 7.81. The summed E-state index contributed by atoms with van der Waals surface area (Å²) in [5, 5.41) is 72.0. The summed E-state index contributed by atoms with van der Waals surface area (Å²) in [4.78, 5) is 0. The van der Waals surface area contributed by atoms with Crippen molar-refractivity contribution < 1.29 is 20.4 Å². The Morgan fingerprint density at radius 1 is 0.700 bits per heavy atom. The highest BCUT2D eigenvalue weighted by molar-refractivity contribution is 8.87. The predicted molar refractivity (Wildman–Crippen MR) is 117 cm³/mol. The van der Waals surface area contributed by atoms with Gasteiger partial charge in [-0.15, -0.1) is 0 Å². The Kier molecular flexibility index (Phi) is 7.53. The van der Waals surface area contributed by atoms with Crippen LogP contribution in [0.4, 0.5) is 0 Å². The summed E-state index contributed by atoms with van der Waals surface area (Å²) in [7, 11) is 1.59. The Morgan fingerprint density at radius 3 is 1.37 bits per heavy atom. The van der Waals surface area contributed by atoms with Gasteiger partial charge in [-0.25, -0.2) is 0 Å². The molecule has 2 rings (SSSR count). The Labute approximate surface area is 179 Å². The van der Waals surface area contributed by atoms with Crippen molar-refractivity contribution in [3.63, 3.8) is 0 Å². The highest BCUT2D eigenvalue weighted by Crippen LogP contribution is 2.32. The number of aromatic hydroxyl groups is 4. The summed E-state index contributed by atoms with van der Waals surface area (Å²) in [5.74, 6) is -1.34. The first-order chi connectivity index (χ1) is 14.2. The van der Waals surface area contributed by atoms with Crippen LogP contribution in [0.2, 0.25) is 0 Å². The molecular formula is C20H14N4O4S2. The van der Waals surface area contributed by atoms with Gasteiger partial charge in [-0.05, 0) is 69.1 Å². The lowest BCUT2D eigenvalue weighted by atomic mass is 10.1. The number of hydrogen-bond acceptors (Lipinski definition) is 10. The first-order valence-corrected chi connectivity index (χ1v) is 10.2. The molecule has 8 nitrogen and oxygen atoms in total. The zero-order chi connectivity index (χ0) is 22.3. The van der Waals surface area contributed by atoms with Crippen LogP contribution in [0.25, 0.3) is 12.2 Å². The van der Waals surface area contributed by atoms with Crippen molar-refractivity contribution in [2.75, 3.05) is 0 Å². The molecule has 0 radical (unpaired) electrons. The number of benzene rings is 2. The van der Waals surface area contributed by atoms with Crippen molar-refractivity contribution in [3.8, 4) is 35.1 Å². The molecule has 6 N–H and O–H groups in total. The molecule has 0 atom stereocenters. The molecule has 0 unspecified atom stereocenters. The summed E-state index contributed by atoms with van der Waals surface area (Å²) >= 11 is 0. The summed E-state index contributed by atoms with van der Waals surface area (Å²) in [6.45, 7) is 0. The Bertz CT molecular complexity index is 1070. The van der Waals surface area contributed by atoms with E-state index in [0.717, 1.165) is 21.6 Å². The number of nitrogens with zero attached hydrogens (tertiary/aromatic N) is 2. The first-order valence-electron chi connectivity index (χ1n) is 8.05. The molecule has 0 aliphatic heterocycles. The summed E-state index contributed by atoms with van der Waals surface area (Å²) in [6.07, 6.45) is 2.69. The zero-order valence-electron chi connectivity index (χ0n) is 15.1. The van der Waals surface area contributed by atoms with Gasteiger partial charge in [-0.1, -0.05) is 12.1 Å². The minimum absolute atomic E-state index is 0.0312. The highest BCUT2D eigenvalue weighted by Gasteiger charge is 2.12. The van der Waals surface area contributed by atoms with Crippen LogP contribution in [-0.4, -0.2) is 30.5 Å². The topological polar surface area (TPSA) is 176 Å². The van der Waals surface area contributed by atoms with Crippen LogP contribution >= 0.6 is 21.6 Å². The van der Waals surface area contributed by atoms with E-state index in [1.165, 1.54) is 48.6 Å². The van der Waals surface area contributed by atoms with E-state index < -0.39 is 0 Å². The summed E-state index contributed by atoms with van der Waals surface area (Å²) < 4.78 is 0.